The van der Waals surface area contributed by atoms with Crippen molar-refractivity contribution in [2.24, 2.45) is 0 Å². The van der Waals surface area contributed by atoms with Crippen LogP contribution in [0.5, 0.6) is 0 Å². The molecule has 0 amide bonds. The van der Waals surface area contributed by atoms with Gasteiger partial charge in [-0.25, -0.2) is 9.97 Å². The Kier molecular flexibility index (Phi) is 4.55. The molecule has 5 aromatic carbocycles. The summed E-state index contributed by atoms with van der Waals surface area (Å²) in [6.07, 6.45) is 0. The lowest BCUT2D eigenvalue weighted by Gasteiger charge is -2.24. The highest BCUT2D eigenvalue weighted by atomic mass is 32.1. The fourth-order valence-corrected chi connectivity index (χ4v) is 8.16. The average Bonchev–Trinajstić information content (AvgIpc) is 3.64. The average molecular weight is 544 g/mol. The van der Waals surface area contributed by atoms with E-state index in [-0.39, 0.29) is 5.41 Å². The smallest absolute Gasteiger partial charge is 0.162 e. The Morgan fingerprint density at radius 2 is 1.34 bits per heavy atom. The van der Waals surface area contributed by atoms with Gasteiger partial charge >= 0.3 is 0 Å². The molecule has 4 heteroatoms. The van der Waals surface area contributed by atoms with Crippen LogP contribution in [-0.2, 0) is 5.41 Å². The maximum Gasteiger partial charge on any atom is 0.162 e. The molecule has 9 rings (SSSR count). The number of rotatable bonds is 2. The molecular weight excluding hydrogens is 518 g/mol. The zero-order chi connectivity index (χ0) is 27.3. The molecule has 0 bridgehead atoms. The molecule has 0 fully saturated rings. The van der Waals surface area contributed by atoms with Crippen LogP contribution >= 0.6 is 11.3 Å². The van der Waals surface area contributed by atoms with Crippen LogP contribution in [0.3, 0.4) is 0 Å². The van der Waals surface area contributed by atoms with E-state index in [4.69, 9.17) is 9.97 Å². The monoisotopic (exact) mass is 543 g/mol. The van der Waals surface area contributed by atoms with Gasteiger partial charge in [0.15, 0.2) is 5.82 Å². The van der Waals surface area contributed by atoms with Crippen molar-refractivity contribution in [1.29, 1.82) is 0 Å². The van der Waals surface area contributed by atoms with Crippen LogP contribution in [0, 0.1) is 0 Å². The van der Waals surface area contributed by atoms with Crippen molar-refractivity contribution in [1.82, 2.24) is 14.5 Å². The molecule has 1 aliphatic rings. The second kappa shape index (κ2) is 8.12. The van der Waals surface area contributed by atoms with Crippen LogP contribution in [0.15, 0.2) is 115 Å². The van der Waals surface area contributed by atoms with Crippen LogP contribution < -0.4 is 0 Å². The van der Waals surface area contributed by atoms with E-state index in [0.29, 0.717) is 0 Å². The first-order valence-corrected chi connectivity index (χ1v) is 14.8. The maximum absolute atomic E-state index is 5.45. The molecule has 0 saturated heterocycles. The fraction of sp³-hybridized carbons (Fsp3) is 0.0811. The van der Waals surface area contributed by atoms with Crippen LogP contribution in [-0.4, -0.2) is 14.5 Å². The predicted octanol–water partition coefficient (Wildman–Crippen LogP) is 9.91. The van der Waals surface area contributed by atoms with Gasteiger partial charge in [-0.05, 0) is 17.7 Å². The van der Waals surface area contributed by atoms with E-state index in [0.717, 1.165) is 22.9 Å². The van der Waals surface area contributed by atoms with Gasteiger partial charge in [0.25, 0.3) is 0 Å². The second-order valence-electron chi connectivity index (χ2n) is 11.4. The van der Waals surface area contributed by atoms with E-state index >= 15 is 0 Å². The summed E-state index contributed by atoms with van der Waals surface area (Å²) in [5.74, 6) is 1.72. The summed E-state index contributed by atoms with van der Waals surface area (Å²) in [5, 5.41) is 5.08. The summed E-state index contributed by atoms with van der Waals surface area (Å²) in [6, 6.07) is 41.2. The summed E-state index contributed by atoms with van der Waals surface area (Å²) in [7, 11) is 0. The molecule has 3 heterocycles. The molecule has 3 nitrogen and oxygen atoms in total. The van der Waals surface area contributed by atoms with Crippen LogP contribution in [0.4, 0.5) is 0 Å². The third-order valence-electron chi connectivity index (χ3n) is 8.79. The largest absolute Gasteiger partial charge is 0.292 e. The molecule has 8 aromatic rings. The summed E-state index contributed by atoms with van der Waals surface area (Å²) < 4.78 is 5.03. The first-order valence-electron chi connectivity index (χ1n) is 14.0. The fourth-order valence-electron chi connectivity index (χ4n) is 6.92. The van der Waals surface area contributed by atoms with Crippen LogP contribution in [0.1, 0.15) is 25.0 Å². The quantitative estimate of drug-likeness (QED) is 0.217. The molecule has 0 aliphatic heterocycles. The van der Waals surface area contributed by atoms with Gasteiger partial charge < -0.3 is 0 Å². The first-order chi connectivity index (χ1) is 20.1. The Bertz CT molecular complexity index is 2340. The number of hydrogen-bond acceptors (Lipinski definition) is 3. The predicted molar refractivity (Wildman–Crippen MR) is 172 cm³/mol. The minimum atomic E-state index is -0.262. The van der Waals surface area contributed by atoms with E-state index in [1.807, 2.05) is 17.4 Å². The number of thiophene rings is 1. The zero-order valence-electron chi connectivity index (χ0n) is 22.7. The van der Waals surface area contributed by atoms with Crippen molar-refractivity contribution < 1.29 is 0 Å². The lowest BCUT2D eigenvalue weighted by Crippen LogP contribution is -2.19. The molecule has 0 saturated carbocycles. The lowest BCUT2D eigenvalue weighted by atomic mass is 9.82. The molecule has 0 N–H and O–H groups in total. The van der Waals surface area contributed by atoms with E-state index in [9.17, 15) is 0 Å². The summed E-state index contributed by atoms with van der Waals surface area (Å²) >= 11 is 1.87. The number of benzene rings is 5. The third-order valence-corrected chi connectivity index (χ3v) is 9.99. The SMILES string of the molecule is CC1(C)c2ccccc2-c2nc(-c3ccccc3)nc(-n3c4ccccc4c4ccc5c6ccccc6sc5c43)c21. The maximum atomic E-state index is 5.45. The highest BCUT2D eigenvalue weighted by Gasteiger charge is 2.41. The molecule has 3 aromatic heterocycles. The van der Waals surface area contributed by atoms with E-state index < -0.39 is 0 Å². The molecular formula is C37H25N3S. The van der Waals surface area contributed by atoms with Crippen molar-refractivity contribution in [3.63, 3.8) is 0 Å². The van der Waals surface area contributed by atoms with Crippen LogP contribution in [0.2, 0.25) is 0 Å². The minimum absolute atomic E-state index is 0.262. The molecule has 0 spiro atoms. The van der Waals surface area contributed by atoms with Gasteiger partial charge in [-0.15, -0.1) is 11.3 Å². The van der Waals surface area contributed by atoms with E-state index in [2.05, 4.69) is 128 Å². The number of fused-ring (bicyclic) bond motifs is 10. The zero-order valence-corrected chi connectivity index (χ0v) is 23.5. The first kappa shape index (κ1) is 23.0. The standard InChI is InChI=1S/C37H25N3S/c1-37(2)28-17-9-6-16-27(28)32-31(37)36(39-35(38-32)22-12-4-3-5-13-22)40-29-18-10-7-14-23(29)25-20-21-26-24-15-8-11-19-30(24)41-34(26)33(25)40/h3-21H,1-2H3. The summed E-state index contributed by atoms with van der Waals surface area (Å²) in [5.41, 5.74) is 7.84. The Morgan fingerprint density at radius 3 is 2.22 bits per heavy atom. The van der Waals surface area contributed by atoms with Gasteiger partial charge in [-0.3, -0.25) is 4.57 Å². The molecule has 0 radical (unpaired) electrons. The molecule has 41 heavy (non-hydrogen) atoms. The number of aromatic nitrogens is 3. The van der Waals surface area contributed by atoms with Gasteiger partial charge in [-0.2, -0.15) is 0 Å². The van der Waals surface area contributed by atoms with Gasteiger partial charge in [-0.1, -0.05) is 117 Å². The highest BCUT2D eigenvalue weighted by Crippen LogP contribution is 2.52. The Balaban J connectivity index is 1.51. The molecule has 0 atom stereocenters. The normalized spacial score (nSPS) is 13.8. The Labute approximate surface area is 241 Å². The van der Waals surface area contributed by atoms with Gasteiger partial charge in [0.2, 0.25) is 0 Å². The Morgan fingerprint density at radius 1 is 0.634 bits per heavy atom. The third kappa shape index (κ3) is 3.03. The number of nitrogens with zero attached hydrogens (tertiary/aromatic N) is 3. The number of hydrogen-bond donors (Lipinski definition) is 0. The van der Waals surface area contributed by atoms with E-state index in [1.165, 1.54) is 58.7 Å². The molecule has 194 valence electrons. The minimum Gasteiger partial charge on any atom is -0.292 e. The summed E-state index contributed by atoms with van der Waals surface area (Å²) in [4.78, 5) is 10.7. The topological polar surface area (TPSA) is 30.7 Å². The van der Waals surface area contributed by atoms with Crippen molar-refractivity contribution >= 4 is 53.3 Å². The molecule has 1 aliphatic carbocycles. The number of para-hydroxylation sites is 1. The van der Waals surface area contributed by atoms with Gasteiger partial charge in [0, 0.05) is 48.4 Å². The second-order valence-corrected chi connectivity index (χ2v) is 12.5. The lowest BCUT2D eigenvalue weighted by molar-refractivity contribution is 0.650. The van der Waals surface area contributed by atoms with Crippen molar-refractivity contribution in [3.05, 3.63) is 126 Å². The van der Waals surface area contributed by atoms with Crippen LogP contribution in [0.25, 0.3) is 70.4 Å². The summed E-state index contributed by atoms with van der Waals surface area (Å²) in [6.45, 7) is 4.63. The van der Waals surface area contributed by atoms with Gasteiger partial charge in [0.05, 0.1) is 21.4 Å². The van der Waals surface area contributed by atoms with E-state index in [1.54, 1.807) is 0 Å². The van der Waals surface area contributed by atoms with Crippen molar-refractivity contribution in [3.8, 4) is 28.5 Å². The van der Waals surface area contributed by atoms with Crippen molar-refractivity contribution in [2.75, 3.05) is 0 Å². The highest BCUT2D eigenvalue weighted by molar-refractivity contribution is 7.26. The van der Waals surface area contributed by atoms with Gasteiger partial charge in [0.1, 0.15) is 5.82 Å². The van der Waals surface area contributed by atoms with Crippen molar-refractivity contribution in [2.45, 2.75) is 19.3 Å². The Hall–Kier alpha value is -4.80. The molecule has 0 unspecified atom stereocenters.